The molecule has 3 rings (SSSR count). The van der Waals surface area contributed by atoms with Crippen LogP contribution in [0.1, 0.15) is 25.3 Å². The van der Waals surface area contributed by atoms with E-state index in [1.807, 2.05) is 0 Å². The molecule has 0 radical (unpaired) electrons. The third kappa shape index (κ3) is 3.76. The predicted octanol–water partition coefficient (Wildman–Crippen LogP) is 2.38. The van der Waals surface area contributed by atoms with Gasteiger partial charge in [0.1, 0.15) is 6.04 Å². The van der Waals surface area contributed by atoms with Gasteiger partial charge in [0, 0.05) is 19.2 Å². The zero-order chi connectivity index (χ0) is 21.5. The molecule has 2 aliphatic rings. The van der Waals surface area contributed by atoms with Crippen LogP contribution in [0.15, 0.2) is 18.2 Å². The largest absolute Gasteiger partial charge is 0.469 e. The number of esters is 1. The van der Waals surface area contributed by atoms with Gasteiger partial charge in [-0.3, -0.25) is 14.4 Å². The maximum Gasteiger partial charge on any atom is 0.418 e. The molecule has 2 saturated heterocycles. The normalized spacial score (nSPS) is 21.8. The van der Waals surface area contributed by atoms with Gasteiger partial charge in [-0.1, -0.05) is 0 Å². The van der Waals surface area contributed by atoms with Crippen molar-refractivity contribution >= 4 is 35.2 Å². The maximum absolute atomic E-state index is 13.6. The number of methoxy groups -OCH3 is 1. The number of ether oxygens (including phenoxy) is 1. The van der Waals surface area contributed by atoms with E-state index in [9.17, 15) is 32.3 Å². The minimum Gasteiger partial charge on any atom is -0.469 e. The van der Waals surface area contributed by atoms with Crippen molar-refractivity contribution in [3.8, 4) is 0 Å². The Balaban J connectivity index is 1.98. The Morgan fingerprint density at radius 2 is 1.93 bits per heavy atom. The Hall–Kier alpha value is -3.11. The van der Waals surface area contributed by atoms with Gasteiger partial charge in [-0.05, 0) is 31.0 Å². The highest BCUT2D eigenvalue weighted by molar-refractivity contribution is 6.22. The molecule has 2 atom stereocenters. The maximum atomic E-state index is 13.6. The van der Waals surface area contributed by atoms with Crippen molar-refractivity contribution in [3.63, 3.8) is 0 Å². The summed E-state index contributed by atoms with van der Waals surface area (Å²) in [5.41, 5.74) is -1.96. The van der Waals surface area contributed by atoms with Gasteiger partial charge in [0.25, 0.3) is 5.91 Å². The molecule has 2 unspecified atom stereocenters. The van der Waals surface area contributed by atoms with Crippen molar-refractivity contribution in [2.75, 3.05) is 23.9 Å². The number of alkyl halides is 3. The number of imide groups is 1. The van der Waals surface area contributed by atoms with Gasteiger partial charge in [-0.2, -0.15) is 13.2 Å². The summed E-state index contributed by atoms with van der Waals surface area (Å²) < 4.78 is 45.5. The number of rotatable bonds is 3. The zero-order valence-electron chi connectivity index (χ0n) is 15.6. The predicted molar refractivity (Wildman–Crippen MR) is 93.9 cm³/mol. The van der Waals surface area contributed by atoms with Crippen LogP contribution in [-0.2, 0) is 25.3 Å². The minimum atomic E-state index is -4.87. The van der Waals surface area contributed by atoms with Crippen LogP contribution in [0.4, 0.5) is 29.3 Å². The van der Waals surface area contributed by atoms with Gasteiger partial charge in [0.2, 0.25) is 5.91 Å². The topological polar surface area (TPSA) is 96.0 Å². The summed E-state index contributed by atoms with van der Waals surface area (Å²) in [7, 11) is 1.20. The van der Waals surface area contributed by atoms with Gasteiger partial charge in [0.05, 0.1) is 24.3 Å². The summed E-state index contributed by atoms with van der Waals surface area (Å²) >= 11 is 0. The van der Waals surface area contributed by atoms with Crippen molar-refractivity contribution in [3.05, 3.63) is 23.8 Å². The fourth-order valence-corrected chi connectivity index (χ4v) is 3.64. The summed E-state index contributed by atoms with van der Waals surface area (Å²) in [6.07, 6.45) is -4.63. The second-order valence-electron chi connectivity index (χ2n) is 6.82. The average Bonchev–Trinajstić information content (AvgIpc) is 2.90. The highest BCUT2D eigenvalue weighted by Gasteiger charge is 2.51. The summed E-state index contributed by atoms with van der Waals surface area (Å²) in [4.78, 5) is 50.1. The fraction of sp³-hybridized carbons (Fsp3) is 0.444. The molecular formula is C18H18F3N3O5. The SMILES string of the molecule is COC(=O)C1CCN2C(=O)N(c3ccc(NC(C)=O)cc3C(F)(F)F)C(=O)C2C1. The van der Waals surface area contributed by atoms with E-state index in [-0.39, 0.29) is 25.1 Å². The van der Waals surface area contributed by atoms with E-state index < -0.39 is 53.2 Å². The average molecular weight is 413 g/mol. The Labute approximate surface area is 163 Å². The van der Waals surface area contributed by atoms with Crippen LogP contribution in [-0.4, -0.2) is 48.4 Å². The van der Waals surface area contributed by atoms with Crippen molar-refractivity contribution in [1.29, 1.82) is 0 Å². The molecular weight excluding hydrogens is 395 g/mol. The molecule has 2 aliphatic heterocycles. The molecule has 2 heterocycles. The van der Waals surface area contributed by atoms with Crippen molar-refractivity contribution < 1.29 is 37.1 Å². The lowest BCUT2D eigenvalue weighted by Gasteiger charge is -2.30. The molecule has 0 aromatic heterocycles. The van der Waals surface area contributed by atoms with E-state index in [1.54, 1.807) is 0 Å². The summed E-state index contributed by atoms with van der Waals surface area (Å²) in [6.45, 7) is 1.20. The van der Waals surface area contributed by atoms with Crippen molar-refractivity contribution in [2.24, 2.45) is 5.92 Å². The lowest BCUT2D eigenvalue weighted by molar-refractivity contribution is -0.147. The second-order valence-corrected chi connectivity index (χ2v) is 6.82. The number of urea groups is 1. The third-order valence-corrected chi connectivity index (χ3v) is 4.94. The monoisotopic (exact) mass is 413 g/mol. The number of hydrogen-bond acceptors (Lipinski definition) is 5. The van der Waals surface area contributed by atoms with E-state index in [4.69, 9.17) is 0 Å². The van der Waals surface area contributed by atoms with Gasteiger partial charge in [-0.15, -0.1) is 0 Å². The molecule has 2 fully saturated rings. The number of nitrogens with one attached hydrogen (secondary N) is 1. The van der Waals surface area contributed by atoms with Crippen molar-refractivity contribution in [1.82, 2.24) is 4.90 Å². The number of anilines is 2. The van der Waals surface area contributed by atoms with Crippen molar-refractivity contribution in [2.45, 2.75) is 32.0 Å². The van der Waals surface area contributed by atoms with Gasteiger partial charge in [-0.25, -0.2) is 9.69 Å². The van der Waals surface area contributed by atoms with Crippen LogP contribution in [0.2, 0.25) is 0 Å². The molecule has 1 aromatic carbocycles. The van der Waals surface area contributed by atoms with E-state index in [0.717, 1.165) is 13.0 Å². The first kappa shape index (κ1) is 20.6. The third-order valence-electron chi connectivity index (χ3n) is 4.94. The summed E-state index contributed by atoms with van der Waals surface area (Å²) in [5, 5.41) is 2.24. The molecule has 1 N–H and O–H groups in total. The molecule has 11 heteroatoms. The molecule has 1 aromatic rings. The molecule has 29 heavy (non-hydrogen) atoms. The summed E-state index contributed by atoms with van der Waals surface area (Å²) in [6, 6.07) is 0.921. The Kier molecular flexibility index (Phi) is 5.24. The van der Waals surface area contributed by atoms with E-state index in [0.29, 0.717) is 11.0 Å². The lowest BCUT2D eigenvalue weighted by atomic mass is 9.91. The number of benzene rings is 1. The number of piperidine rings is 1. The first-order valence-electron chi connectivity index (χ1n) is 8.75. The molecule has 8 nitrogen and oxygen atoms in total. The molecule has 4 amide bonds. The second kappa shape index (κ2) is 7.37. The number of carbonyl (C=O) groups excluding carboxylic acids is 4. The summed E-state index contributed by atoms with van der Waals surface area (Å²) in [5.74, 6) is -2.53. The Morgan fingerprint density at radius 1 is 1.24 bits per heavy atom. The van der Waals surface area contributed by atoms with Crippen LogP contribution in [0.25, 0.3) is 0 Å². The molecule has 0 saturated carbocycles. The Morgan fingerprint density at radius 3 is 2.52 bits per heavy atom. The molecule has 0 aliphatic carbocycles. The van der Waals surface area contributed by atoms with E-state index in [1.165, 1.54) is 18.1 Å². The van der Waals surface area contributed by atoms with Crippen LogP contribution in [0.5, 0.6) is 0 Å². The van der Waals surface area contributed by atoms with Crippen LogP contribution in [0, 0.1) is 5.92 Å². The van der Waals surface area contributed by atoms with Gasteiger partial charge < -0.3 is 15.0 Å². The zero-order valence-corrected chi connectivity index (χ0v) is 15.6. The standard InChI is InChI=1S/C18H18F3N3O5/c1-9(25)22-11-3-4-13(12(8-11)18(19,20)21)24-15(26)14-7-10(16(27)29-2)5-6-23(14)17(24)28/h3-4,8,10,14H,5-7H2,1-2H3,(H,22,25). The first-order chi connectivity index (χ1) is 13.5. The highest BCUT2D eigenvalue weighted by atomic mass is 19.4. The molecule has 0 spiro atoms. The fourth-order valence-electron chi connectivity index (χ4n) is 3.64. The van der Waals surface area contributed by atoms with Crippen LogP contribution < -0.4 is 10.2 Å². The smallest absolute Gasteiger partial charge is 0.418 e. The lowest BCUT2D eigenvalue weighted by Crippen LogP contribution is -2.44. The Bertz CT molecular complexity index is 886. The number of hydrogen-bond donors (Lipinski definition) is 1. The minimum absolute atomic E-state index is 0.0148. The first-order valence-corrected chi connectivity index (χ1v) is 8.75. The van der Waals surface area contributed by atoms with Crippen LogP contribution in [0.3, 0.4) is 0 Å². The highest BCUT2D eigenvalue weighted by Crippen LogP contribution is 2.41. The number of nitrogens with zero attached hydrogens (tertiary/aromatic N) is 2. The van der Waals surface area contributed by atoms with E-state index >= 15 is 0 Å². The number of amides is 4. The molecule has 156 valence electrons. The quantitative estimate of drug-likeness (QED) is 0.606. The van der Waals surface area contributed by atoms with Gasteiger partial charge in [0.15, 0.2) is 0 Å². The number of fused-ring (bicyclic) bond motifs is 1. The van der Waals surface area contributed by atoms with Gasteiger partial charge >= 0.3 is 18.2 Å². The van der Waals surface area contributed by atoms with Crippen LogP contribution >= 0.6 is 0 Å². The molecule has 0 bridgehead atoms. The number of carbonyl (C=O) groups is 4. The number of halogens is 3. The van der Waals surface area contributed by atoms with E-state index in [2.05, 4.69) is 10.1 Å².